The maximum atomic E-state index is 10.2. The van der Waals surface area contributed by atoms with Gasteiger partial charge in [0.1, 0.15) is 42.7 Å². The number of rotatable bonds is 3. The SMILES string of the molecule is OC[C@H]1O[C@H](C2(O)O[C@H](CO)[C@@H](O)[C@H]2O)[C@H](O)[C@@H]1O. The lowest BCUT2D eigenvalue weighted by Crippen LogP contribution is -2.56. The van der Waals surface area contributed by atoms with E-state index in [0.29, 0.717) is 0 Å². The predicted molar refractivity (Wildman–Crippen MR) is 56.7 cm³/mol. The van der Waals surface area contributed by atoms with Crippen LogP contribution in [0.3, 0.4) is 0 Å². The van der Waals surface area contributed by atoms with Crippen molar-refractivity contribution in [1.29, 1.82) is 0 Å². The molecule has 8 atom stereocenters. The van der Waals surface area contributed by atoms with Crippen molar-refractivity contribution in [1.82, 2.24) is 0 Å². The molecule has 9 nitrogen and oxygen atoms in total. The molecule has 2 fully saturated rings. The Balaban J connectivity index is 2.21. The van der Waals surface area contributed by atoms with Crippen molar-refractivity contribution in [3.63, 3.8) is 0 Å². The summed E-state index contributed by atoms with van der Waals surface area (Å²) in [5.41, 5.74) is 0. The Morgan fingerprint density at radius 2 is 1.42 bits per heavy atom. The monoisotopic (exact) mass is 282 g/mol. The smallest absolute Gasteiger partial charge is 0.225 e. The van der Waals surface area contributed by atoms with E-state index in [9.17, 15) is 25.5 Å². The van der Waals surface area contributed by atoms with Gasteiger partial charge in [-0.05, 0) is 0 Å². The van der Waals surface area contributed by atoms with Gasteiger partial charge in [-0.1, -0.05) is 0 Å². The Kier molecular flexibility index (Phi) is 4.12. The molecule has 2 saturated heterocycles. The number of aliphatic hydroxyl groups excluding tert-OH is 6. The Hall–Kier alpha value is -0.360. The molecule has 2 aliphatic rings. The van der Waals surface area contributed by atoms with Crippen molar-refractivity contribution in [2.45, 2.75) is 48.5 Å². The molecule has 9 heteroatoms. The second-order valence-electron chi connectivity index (χ2n) is 4.79. The minimum absolute atomic E-state index is 0.604. The molecule has 0 aliphatic carbocycles. The van der Waals surface area contributed by atoms with Crippen LogP contribution in [-0.2, 0) is 9.47 Å². The van der Waals surface area contributed by atoms with Crippen molar-refractivity contribution >= 4 is 0 Å². The van der Waals surface area contributed by atoms with E-state index in [1.165, 1.54) is 0 Å². The van der Waals surface area contributed by atoms with Crippen LogP contribution in [0.4, 0.5) is 0 Å². The lowest BCUT2D eigenvalue weighted by molar-refractivity contribution is -0.294. The van der Waals surface area contributed by atoms with Crippen LogP contribution in [0.2, 0.25) is 0 Å². The van der Waals surface area contributed by atoms with Gasteiger partial charge in [-0.3, -0.25) is 0 Å². The quantitative estimate of drug-likeness (QED) is 0.270. The first-order valence-corrected chi connectivity index (χ1v) is 5.86. The fourth-order valence-corrected chi connectivity index (χ4v) is 2.45. The standard InChI is InChI=1S/C10H18O9/c11-1-3-5(13)7(15)9(18-3)10(17)8(16)6(14)4(2-12)19-10/h3-9,11-17H,1-2H2/t3-,4-,5-,6-,7-,8-,9+,10?/m1/s1. The molecule has 2 aliphatic heterocycles. The van der Waals surface area contributed by atoms with E-state index in [1.54, 1.807) is 0 Å². The molecule has 2 rings (SSSR count). The molecule has 7 N–H and O–H groups in total. The van der Waals surface area contributed by atoms with E-state index in [2.05, 4.69) is 0 Å². The molecule has 0 aromatic rings. The molecule has 0 aromatic heterocycles. The van der Waals surface area contributed by atoms with Crippen LogP contribution < -0.4 is 0 Å². The minimum Gasteiger partial charge on any atom is -0.394 e. The van der Waals surface area contributed by atoms with Crippen LogP contribution in [-0.4, -0.2) is 97.5 Å². The topological polar surface area (TPSA) is 160 Å². The molecule has 2 heterocycles. The fraction of sp³-hybridized carbons (Fsp3) is 1.00. The molecule has 0 amide bonds. The van der Waals surface area contributed by atoms with Crippen LogP contribution in [0.25, 0.3) is 0 Å². The number of ether oxygens (including phenoxy) is 2. The second-order valence-corrected chi connectivity index (χ2v) is 4.79. The first-order valence-electron chi connectivity index (χ1n) is 5.86. The second kappa shape index (κ2) is 5.20. The van der Waals surface area contributed by atoms with Crippen molar-refractivity contribution in [2.75, 3.05) is 13.2 Å². The van der Waals surface area contributed by atoms with Gasteiger partial charge in [0, 0.05) is 0 Å². The molecular weight excluding hydrogens is 264 g/mol. The zero-order valence-electron chi connectivity index (χ0n) is 9.90. The average molecular weight is 282 g/mol. The Bertz CT molecular complexity index is 326. The van der Waals surface area contributed by atoms with Crippen LogP contribution in [0.5, 0.6) is 0 Å². The molecule has 0 spiro atoms. The van der Waals surface area contributed by atoms with Crippen LogP contribution in [0, 0.1) is 0 Å². The summed E-state index contributed by atoms with van der Waals surface area (Å²) in [5, 5.41) is 66.8. The van der Waals surface area contributed by atoms with Crippen LogP contribution in [0.15, 0.2) is 0 Å². The summed E-state index contributed by atoms with van der Waals surface area (Å²) in [6.45, 7) is -1.26. The zero-order valence-corrected chi connectivity index (χ0v) is 9.90. The summed E-state index contributed by atoms with van der Waals surface area (Å²) in [5.74, 6) is -2.49. The first kappa shape index (κ1) is 15.0. The summed E-state index contributed by atoms with van der Waals surface area (Å²) in [4.78, 5) is 0. The van der Waals surface area contributed by atoms with Gasteiger partial charge in [0.2, 0.25) is 5.79 Å². The van der Waals surface area contributed by atoms with Crippen molar-refractivity contribution in [3.8, 4) is 0 Å². The lowest BCUT2D eigenvalue weighted by atomic mass is 9.95. The van der Waals surface area contributed by atoms with Crippen molar-refractivity contribution < 1.29 is 45.2 Å². The first-order chi connectivity index (χ1) is 8.86. The summed E-state index contributed by atoms with van der Waals surface area (Å²) >= 11 is 0. The molecule has 1 unspecified atom stereocenters. The van der Waals surface area contributed by atoms with Crippen LogP contribution in [0.1, 0.15) is 0 Å². The maximum absolute atomic E-state index is 10.2. The zero-order chi connectivity index (χ0) is 14.4. The highest BCUT2D eigenvalue weighted by molar-refractivity contribution is 5.06. The summed E-state index contributed by atoms with van der Waals surface area (Å²) < 4.78 is 10.0. The number of hydrogen-bond donors (Lipinski definition) is 7. The molecule has 0 aromatic carbocycles. The average Bonchev–Trinajstić information content (AvgIpc) is 2.81. The van der Waals surface area contributed by atoms with E-state index in [1.807, 2.05) is 0 Å². The molecular formula is C10H18O9. The summed E-state index contributed by atoms with van der Waals surface area (Å²) in [6, 6.07) is 0. The maximum Gasteiger partial charge on any atom is 0.225 e. The van der Waals surface area contributed by atoms with Gasteiger partial charge in [0.05, 0.1) is 13.2 Å². The van der Waals surface area contributed by atoms with Gasteiger partial charge in [0.15, 0.2) is 0 Å². The largest absolute Gasteiger partial charge is 0.394 e. The molecule has 19 heavy (non-hydrogen) atoms. The van der Waals surface area contributed by atoms with Crippen molar-refractivity contribution in [2.24, 2.45) is 0 Å². The predicted octanol–water partition coefficient (Wildman–Crippen LogP) is -4.73. The number of hydrogen-bond acceptors (Lipinski definition) is 9. The van der Waals surface area contributed by atoms with Gasteiger partial charge < -0.3 is 45.2 Å². The highest BCUT2D eigenvalue weighted by Gasteiger charge is 2.63. The van der Waals surface area contributed by atoms with E-state index < -0.39 is 61.7 Å². The highest BCUT2D eigenvalue weighted by Crippen LogP contribution is 2.38. The minimum atomic E-state index is -2.49. The Morgan fingerprint density at radius 3 is 1.84 bits per heavy atom. The van der Waals surface area contributed by atoms with Gasteiger partial charge in [-0.25, -0.2) is 0 Å². The van der Waals surface area contributed by atoms with E-state index >= 15 is 0 Å². The van der Waals surface area contributed by atoms with Crippen LogP contribution >= 0.6 is 0 Å². The van der Waals surface area contributed by atoms with E-state index in [4.69, 9.17) is 19.7 Å². The normalized spacial score (nSPS) is 54.8. The van der Waals surface area contributed by atoms with Gasteiger partial charge in [-0.15, -0.1) is 0 Å². The Labute approximate surface area is 108 Å². The van der Waals surface area contributed by atoms with E-state index in [0.717, 1.165) is 0 Å². The highest BCUT2D eigenvalue weighted by atomic mass is 16.7. The Morgan fingerprint density at radius 1 is 0.842 bits per heavy atom. The molecule has 0 bridgehead atoms. The van der Waals surface area contributed by atoms with Gasteiger partial charge >= 0.3 is 0 Å². The fourth-order valence-electron chi connectivity index (χ4n) is 2.45. The molecule has 0 saturated carbocycles. The number of aliphatic hydroxyl groups is 7. The summed E-state index contributed by atoms with van der Waals surface area (Å²) in [6.07, 6.45) is -10.5. The third-order valence-electron chi connectivity index (χ3n) is 3.60. The summed E-state index contributed by atoms with van der Waals surface area (Å²) in [7, 11) is 0. The third-order valence-corrected chi connectivity index (χ3v) is 3.60. The third kappa shape index (κ3) is 2.17. The lowest BCUT2D eigenvalue weighted by Gasteiger charge is -2.33. The van der Waals surface area contributed by atoms with Gasteiger partial charge in [-0.2, -0.15) is 0 Å². The van der Waals surface area contributed by atoms with E-state index in [-0.39, 0.29) is 0 Å². The van der Waals surface area contributed by atoms with Crippen molar-refractivity contribution in [3.05, 3.63) is 0 Å². The molecule has 0 radical (unpaired) electrons. The molecule has 112 valence electrons. The van der Waals surface area contributed by atoms with Gasteiger partial charge in [0.25, 0.3) is 0 Å².